The number of rotatable bonds is 11. The van der Waals surface area contributed by atoms with Crippen LogP contribution in [0.15, 0.2) is 42.6 Å². The van der Waals surface area contributed by atoms with Crippen LogP contribution in [0.25, 0.3) is 0 Å². The van der Waals surface area contributed by atoms with Gasteiger partial charge < -0.3 is 24.8 Å². The summed E-state index contributed by atoms with van der Waals surface area (Å²) in [5, 5.41) is 5.82. The van der Waals surface area contributed by atoms with Gasteiger partial charge in [-0.2, -0.15) is 0 Å². The lowest BCUT2D eigenvalue weighted by Gasteiger charge is -2.26. The number of pyridine rings is 1. The molecule has 0 radical (unpaired) electrons. The number of morpholine rings is 1. The van der Waals surface area contributed by atoms with Crippen LogP contribution in [0.5, 0.6) is 5.75 Å². The largest absolute Gasteiger partial charge is 0.495 e. The number of hydrogen-bond acceptors (Lipinski definition) is 8. The molecule has 1 aliphatic heterocycles. The third kappa shape index (κ3) is 8.12. The van der Waals surface area contributed by atoms with Crippen molar-refractivity contribution in [3.05, 3.63) is 53.7 Å². The Labute approximate surface area is 194 Å². The van der Waals surface area contributed by atoms with Crippen molar-refractivity contribution >= 4 is 17.7 Å². The smallest absolute Gasteiger partial charge is 0.323 e. The van der Waals surface area contributed by atoms with E-state index in [1.54, 1.807) is 19.2 Å². The molecule has 1 atom stereocenters. The Morgan fingerprint density at radius 3 is 2.45 bits per heavy atom. The number of anilines is 1. The topological polar surface area (TPSA) is 102 Å². The quantitative estimate of drug-likeness (QED) is 0.492. The normalized spacial score (nSPS) is 15.0. The number of ether oxygens (including phenoxy) is 3. The maximum absolute atomic E-state index is 12.4. The van der Waals surface area contributed by atoms with Crippen LogP contribution in [0.1, 0.15) is 17.5 Å². The van der Waals surface area contributed by atoms with E-state index in [-0.39, 0.29) is 12.3 Å². The maximum Gasteiger partial charge on any atom is 0.323 e. The van der Waals surface area contributed by atoms with Gasteiger partial charge in [0.15, 0.2) is 0 Å². The molecule has 1 aromatic heterocycles. The molecule has 2 aromatic rings. The van der Waals surface area contributed by atoms with E-state index in [2.05, 4.69) is 44.8 Å². The highest BCUT2D eigenvalue weighted by Gasteiger charge is 2.22. The van der Waals surface area contributed by atoms with Gasteiger partial charge in [0.2, 0.25) is 5.91 Å². The van der Waals surface area contributed by atoms with E-state index in [9.17, 15) is 9.59 Å². The number of nitrogens with one attached hydrogen (secondary N) is 2. The number of hydrogen-bond donors (Lipinski definition) is 2. The highest BCUT2D eigenvalue weighted by Crippen LogP contribution is 2.12. The highest BCUT2D eigenvalue weighted by atomic mass is 16.5. The Kier molecular flexibility index (Phi) is 9.61. The molecule has 9 heteroatoms. The van der Waals surface area contributed by atoms with E-state index in [1.165, 1.54) is 18.9 Å². The first-order valence-corrected chi connectivity index (χ1v) is 11.1. The summed E-state index contributed by atoms with van der Waals surface area (Å²) in [7, 11) is 2.86. The predicted octanol–water partition coefficient (Wildman–Crippen LogP) is 1.62. The zero-order valence-corrected chi connectivity index (χ0v) is 19.2. The Bertz CT molecular complexity index is 883. The van der Waals surface area contributed by atoms with Crippen LogP contribution in [0.3, 0.4) is 0 Å². The lowest BCUT2D eigenvalue weighted by molar-refractivity contribution is -0.144. The summed E-state index contributed by atoms with van der Waals surface area (Å²) in [5.74, 6) is 0.176. The van der Waals surface area contributed by atoms with Crippen molar-refractivity contribution < 1.29 is 23.8 Å². The molecule has 1 fully saturated rings. The molecule has 33 heavy (non-hydrogen) atoms. The summed E-state index contributed by atoms with van der Waals surface area (Å²) in [6.45, 7) is 4.96. The summed E-state index contributed by atoms with van der Waals surface area (Å²) in [6, 6.07) is 11.1. The lowest BCUT2D eigenvalue weighted by Crippen LogP contribution is -2.41. The minimum Gasteiger partial charge on any atom is -0.495 e. The first-order chi connectivity index (χ1) is 16.1. The Morgan fingerprint density at radius 1 is 1.09 bits per heavy atom. The minimum atomic E-state index is -0.742. The van der Waals surface area contributed by atoms with E-state index in [0.717, 1.165) is 44.8 Å². The Hall–Kier alpha value is -3.01. The molecule has 1 saturated heterocycles. The summed E-state index contributed by atoms with van der Waals surface area (Å²) in [5.41, 5.74) is 2.42. The van der Waals surface area contributed by atoms with Gasteiger partial charge in [-0.15, -0.1) is 0 Å². The molecule has 1 aromatic carbocycles. The molecule has 2 N–H and O–H groups in total. The number of amides is 1. The van der Waals surface area contributed by atoms with Crippen LogP contribution in [0, 0.1) is 0 Å². The number of methoxy groups -OCH3 is 2. The molecular formula is C24H32N4O5. The number of benzene rings is 1. The van der Waals surface area contributed by atoms with E-state index in [0.29, 0.717) is 18.1 Å². The van der Waals surface area contributed by atoms with Crippen molar-refractivity contribution in [2.75, 3.05) is 52.4 Å². The molecule has 9 nitrogen and oxygen atoms in total. The number of nitrogens with zero attached hydrogens (tertiary/aromatic N) is 2. The van der Waals surface area contributed by atoms with Crippen LogP contribution in [-0.4, -0.2) is 74.9 Å². The molecule has 2 heterocycles. The van der Waals surface area contributed by atoms with Gasteiger partial charge in [-0.3, -0.25) is 14.5 Å². The fourth-order valence-electron chi connectivity index (χ4n) is 3.55. The Balaban J connectivity index is 1.45. The van der Waals surface area contributed by atoms with Crippen molar-refractivity contribution in [2.24, 2.45) is 0 Å². The summed E-state index contributed by atoms with van der Waals surface area (Å²) in [6.07, 6.45) is 2.18. The third-order valence-electron chi connectivity index (χ3n) is 5.45. The van der Waals surface area contributed by atoms with Gasteiger partial charge in [-0.1, -0.05) is 24.3 Å². The zero-order chi connectivity index (χ0) is 23.5. The van der Waals surface area contributed by atoms with Gasteiger partial charge in [0.05, 0.1) is 40.1 Å². The van der Waals surface area contributed by atoms with Gasteiger partial charge in [-0.25, -0.2) is 4.98 Å². The van der Waals surface area contributed by atoms with E-state index >= 15 is 0 Å². The first kappa shape index (κ1) is 24.6. The summed E-state index contributed by atoms with van der Waals surface area (Å²) >= 11 is 0. The molecule has 178 valence electrons. The third-order valence-corrected chi connectivity index (χ3v) is 5.45. The number of carbonyl (C=O) groups is 2. The minimum absolute atomic E-state index is 0.0567. The molecule has 1 amide bonds. The standard InChI is InChI=1S/C24H32N4O5/c1-31-20-7-8-22(26-16-20)27-23(29)15-21(24(30)32-2)25-10-9-18-3-5-19(6-4-18)17-28-11-13-33-14-12-28/h3-8,16,21,25H,9-15,17H2,1-2H3,(H,26,27,29). The van der Waals surface area contributed by atoms with Gasteiger partial charge in [0.25, 0.3) is 0 Å². The van der Waals surface area contributed by atoms with Crippen molar-refractivity contribution in [2.45, 2.75) is 25.4 Å². The average Bonchev–Trinajstić information content (AvgIpc) is 2.85. The van der Waals surface area contributed by atoms with E-state index < -0.39 is 12.0 Å². The highest BCUT2D eigenvalue weighted by molar-refractivity contribution is 5.93. The number of esters is 1. The monoisotopic (exact) mass is 456 g/mol. The van der Waals surface area contributed by atoms with Crippen LogP contribution in [0.4, 0.5) is 5.82 Å². The molecule has 0 spiro atoms. The Morgan fingerprint density at radius 2 is 1.82 bits per heavy atom. The van der Waals surface area contributed by atoms with Crippen molar-refractivity contribution in [1.29, 1.82) is 0 Å². The van der Waals surface area contributed by atoms with Crippen molar-refractivity contribution in [3.63, 3.8) is 0 Å². The van der Waals surface area contributed by atoms with Gasteiger partial charge in [0, 0.05) is 19.6 Å². The second-order valence-electron chi connectivity index (χ2n) is 7.82. The molecule has 1 aliphatic rings. The summed E-state index contributed by atoms with van der Waals surface area (Å²) in [4.78, 5) is 31.0. The first-order valence-electron chi connectivity index (χ1n) is 11.1. The van der Waals surface area contributed by atoms with Gasteiger partial charge in [-0.05, 0) is 36.2 Å². The average molecular weight is 457 g/mol. The van der Waals surface area contributed by atoms with Crippen LogP contribution < -0.4 is 15.4 Å². The number of carbonyl (C=O) groups excluding carboxylic acids is 2. The lowest BCUT2D eigenvalue weighted by atomic mass is 10.1. The van der Waals surface area contributed by atoms with Gasteiger partial charge in [0.1, 0.15) is 17.6 Å². The zero-order valence-electron chi connectivity index (χ0n) is 19.2. The second-order valence-corrected chi connectivity index (χ2v) is 7.82. The van der Waals surface area contributed by atoms with Crippen LogP contribution in [-0.2, 0) is 32.0 Å². The SMILES string of the molecule is COC(=O)C(CC(=O)Nc1ccc(OC)cn1)NCCc1ccc(CN2CCOCC2)cc1. The maximum atomic E-state index is 12.4. The van der Waals surface area contributed by atoms with Gasteiger partial charge >= 0.3 is 5.97 Å². The second kappa shape index (κ2) is 12.9. The molecule has 1 unspecified atom stereocenters. The van der Waals surface area contributed by atoms with Crippen molar-refractivity contribution in [1.82, 2.24) is 15.2 Å². The molecule has 3 rings (SSSR count). The number of aromatic nitrogens is 1. The molecule has 0 bridgehead atoms. The fourth-order valence-corrected chi connectivity index (χ4v) is 3.55. The fraction of sp³-hybridized carbons (Fsp3) is 0.458. The molecular weight excluding hydrogens is 424 g/mol. The van der Waals surface area contributed by atoms with E-state index in [4.69, 9.17) is 14.2 Å². The van der Waals surface area contributed by atoms with E-state index in [1.807, 2.05) is 0 Å². The van der Waals surface area contributed by atoms with Crippen molar-refractivity contribution in [3.8, 4) is 5.75 Å². The van der Waals surface area contributed by atoms with Crippen LogP contribution in [0.2, 0.25) is 0 Å². The van der Waals surface area contributed by atoms with Crippen LogP contribution >= 0.6 is 0 Å². The molecule has 0 aliphatic carbocycles. The molecule has 0 saturated carbocycles. The predicted molar refractivity (Wildman–Crippen MR) is 124 cm³/mol. The summed E-state index contributed by atoms with van der Waals surface area (Å²) < 4.78 is 15.3.